The molecule has 0 aliphatic heterocycles. The van der Waals surface area contributed by atoms with Crippen LogP contribution in [0.3, 0.4) is 0 Å². The number of nitrogens with one attached hydrogen (secondary N) is 1. The zero-order chi connectivity index (χ0) is 12.9. The summed E-state index contributed by atoms with van der Waals surface area (Å²) in [6.07, 6.45) is 0. The van der Waals surface area contributed by atoms with Gasteiger partial charge in [0.1, 0.15) is 0 Å². The average molecular weight is 234 g/mol. The first-order valence-corrected chi connectivity index (χ1v) is 6.40. The molecule has 2 heteroatoms. The Morgan fingerprint density at radius 3 is 2.29 bits per heavy atom. The van der Waals surface area contributed by atoms with Gasteiger partial charge in [-0.25, -0.2) is 0 Å². The second-order valence-corrected chi connectivity index (χ2v) is 5.47. The molecule has 0 aromatic heterocycles. The van der Waals surface area contributed by atoms with Crippen molar-refractivity contribution < 1.29 is 0 Å². The van der Waals surface area contributed by atoms with Gasteiger partial charge in [-0.3, -0.25) is 0 Å². The van der Waals surface area contributed by atoms with E-state index in [-0.39, 0.29) is 5.41 Å². The standard InChI is InChI=1S/C15H26N2/c1-13(2)17(5)12-15(3,11-16-4)14-9-7-6-8-10-14/h6-10,13,16H,11-12H2,1-5H3. The lowest BCUT2D eigenvalue weighted by atomic mass is 9.81. The van der Waals surface area contributed by atoms with E-state index in [1.165, 1.54) is 5.56 Å². The lowest BCUT2D eigenvalue weighted by molar-refractivity contribution is 0.212. The molecular formula is C15H26N2. The van der Waals surface area contributed by atoms with Crippen LogP contribution in [0.5, 0.6) is 0 Å². The molecule has 0 amide bonds. The van der Waals surface area contributed by atoms with Crippen molar-refractivity contribution in [1.29, 1.82) is 0 Å². The Bertz CT molecular complexity index is 321. The molecule has 1 unspecified atom stereocenters. The lowest BCUT2D eigenvalue weighted by Crippen LogP contribution is -2.45. The van der Waals surface area contributed by atoms with Crippen LogP contribution < -0.4 is 5.32 Å². The summed E-state index contributed by atoms with van der Waals surface area (Å²) in [5, 5.41) is 3.32. The van der Waals surface area contributed by atoms with Crippen molar-refractivity contribution in [2.45, 2.75) is 32.2 Å². The van der Waals surface area contributed by atoms with Crippen molar-refractivity contribution in [2.24, 2.45) is 0 Å². The smallest absolute Gasteiger partial charge is 0.0176 e. The summed E-state index contributed by atoms with van der Waals surface area (Å²) in [7, 11) is 4.22. The van der Waals surface area contributed by atoms with Crippen LogP contribution in [-0.4, -0.2) is 38.1 Å². The number of hydrogen-bond donors (Lipinski definition) is 1. The van der Waals surface area contributed by atoms with E-state index in [1.54, 1.807) is 0 Å². The number of hydrogen-bond acceptors (Lipinski definition) is 2. The van der Waals surface area contributed by atoms with E-state index in [0.29, 0.717) is 6.04 Å². The molecule has 0 saturated heterocycles. The van der Waals surface area contributed by atoms with E-state index in [4.69, 9.17) is 0 Å². The number of nitrogens with zero attached hydrogens (tertiary/aromatic N) is 1. The van der Waals surface area contributed by atoms with E-state index in [2.05, 4.69) is 68.4 Å². The molecule has 1 atom stereocenters. The molecular weight excluding hydrogens is 208 g/mol. The average Bonchev–Trinajstić information content (AvgIpc) is 2.30. The Morgan fingerprint density at radius 1 is 1.24 bits per heavy atom. The first-order chi connectivity index (χ1) is 7.99. The van der Waals surface area contributed by atoms with Crippen LogP contribution in [0, 0.1) is 0 Å². The summed E-state index contributed by atoms with van der Waals surface area (Å²) in [6.45, 7) is 8.87. The Balaban J connectivity index is 2.89. The molecule has 0 aliphatic rings. The molecule has 1 aromatic carbocycles. The second-order valence-electron chi connectivity index (χ2n) is 5.47. The van der Waals surface area contributed by atoms with Crippen molar-refractivity contribution in [1.82, 2.24) is 10.2 Å². The van der Waals surface area contributed by atoms with Gasteiger partial charge in [0.15, 0.2) is 0 Å². The van der Waals surface area contributed by atoms with Gasteiger partial charge in [0.2, 0.25) is 0 Å². The van der Waals surface area contributed by atoms with E-state index >= 15 is 0 Å². The zero-order valence-electron chi connectivity index (χ0n) is 11.8. The van der Waals surface area contributed by atoms with Crippen LogP contribution in [0.15, 0.2) is 30.3 Å². The Morgan fingerprint density at radius 2 is 1.82 bits per heavy atom. The fourth-order valence-electron chi connectivity index (χ4n) is 2.21. The minimum absolute atomic E-state index is 0.162. The summed E-state index contributed by atoms with van der Waals surface area (Å²) < 4.78 is 0. The fraction of sp³-hybridized carbons (Fsp3) is 0.600. The molecule has 0 spiro atoms. The molecule has 0 aliphatic carbocycles. The van der Waals surface area contributed by atoms with Crippen LogP contribution >= 0.6 is 0 Å². The van der Waals surface area contributed by atoms with Crippen molar-refractivity contribution in [3.8, 4) is 0 Å². The quantitative estimate of drug-likeness (QED) is 0.813. The zero-order valence-corrected chi connectivity index (χ0v) is 11.8. The van der Waals surface area contributed by atoms with E-state index in [9.17, 15) is 0 Å². The first-order valence-electron chi connectivity index (χ1n) is 6.40. The monoisotopic (exact) mass is 234 g/mol. The third-order valence-corrected chi connectivity index (χ3v) is 3.52. The van der Waals surface area contributed by atoms with E-state index in [1.807, 2.05) is 7.05 Å². The van der Waals surface area contributed by atoms with Gasteiger partial charge in [-0.15, -0.1) is 0 Å². The van der Waals surface area contributed by atoms with Gasteiger partial charge < -0.3 is 10.2 Å². The van der Waals surface area contributed by atoms with Crippen LogP contribution in [0.2, 0.25) is 0 Å². The maximum atomic E-state index is 3.32. The van der Waals surface area contributed by atoms with Gasteiger partial charge in [0, 0.05) is 24.5 Å². The van der Waals surface area contributed by atoms with E-state index in [0.717, 1.165) is 13.1 Å². The predicted octanol–water partition coefficient (Wildman–Crippen LogP) is 2.50. The van der Waals surface area contributed by atoms with Crippen molar-refractivity contribution in [3.05, 3.63) is 35.9 Å². The molecule has 96 valence electrons. The van der Waals surface area contributed by atoms with Crippen LogP contribution in [0.1, 0.15) is 26.3 Å². The summed E-state index contributed by atoms with van der Waals surface area (Å²) >= 11 is 0. The molecule has 0 radical (unpaired) electrons. The van der Waals surface area contributed by atoms with Crippen LogP contribution in [0.4, 0.5) is 0 Å². The lowest BCUT2D eigenvalue weighted by Gasteiger charge is -2.36. The molecule has 0 fully saturated rings. The largest absolute Gasteiger partial charge is 0.319 e. The SMILES string of the molecule is CNCC(C)(CN(C)C(C)C)c1ccccc1. The Hall–Kier alpha value is -0.860. The fourth-order valence-corrected chi connectivity index (χ4v) is 2.21. The molecule has 0 heterocycles. The molecule has 1 rings (SSSR count). The summed E-state index contributed by atoms with van der Waals surface area (Å²) in [5.41, 5.74) is 1.57. The molecule has 17 heavy (non-hydrogen) atoms. The van der Waals surface area contributed by atoms with Gasteiger partial charge in [0.05, 0.1) is 0 Å². The number of likely N-dealkylation sites (N-methyl/N-ethyl adjacent to an activating group) is 2. The van der Waals surface area contributed by atoms with Crippen molar-refractivity contribution in [3.63, 3.8) is 0 Å². The van der Waals surface area contributed by atoms with Gasteiger partial charge in [-0.2, -0.15) is 0 Å². The van der Waals surface area contributed by atoms with Gasteiger partial charge in [-0.1, -0.05) is 37.3 Å². The number of rotatable bonds is 6. The van der Waals surface area contributed by atoms with Gasteiger partial charge in [-0.05, 0) is 33.5 Å². The summed E-state index contributed by atoms with van der Waals surface area (Å²) in [4.78, 5) is 2.41. The predicted molar refractivity (Wildman–Crippen MR) is 75.5 cm³/mol. The number of benzene rings is 1. The summed E-state index contributed by atoms with van der Waals surface area (Å²) in [5.74, 6) is 0. The molecule has 0 saturated carbocycles. The highest BCUT2D eigenvalue weighted by Crippen LogP contribution is 2.24. The minimum atomic E-state index is 0.162. The third-order valence-electron chi connectivity index (χ3n) is 3.52. The molecule has 2 nitrogen and oxygen atoms in total. The highest BCUT2D eigenvalue weighted by molar-refractivity contribution is 5.25. The van der Waals surface area contributed by atoms with Crippen molar-refractivity contribution in [2.75, 3.05) is 27.2 Å². The maximum Gasteiger partial charge on any atom is 0.0176 e. The van der Waals surface area contributed by atoms with Crippen molar-refractivity contribution >= 4 is 0 Å². The van der Waals surface area contributed by atoms with Crippen LogP contribution in [0.25, 0.3) is 0 Å². The van der Waals surface area contributed by atoms with Gasteiger partial charge in [0.25, 0.3) is 0 Å². The van der Waals surface area contributed by atoms with Crippen LogP contribution in [-0.2, 0) is 5.41 Å². The van der Waals surface area contributed by atoms with Gasteiger partial charge >= 0.3 is 0 Å². The molecule has 0 bridgehead atoms. The second kappa shape index (κ2) is 6.18. The minimum Gasteiger partial charge on any atom is -0.319 e. The third kappa shape index (κ3) is 3.83. The first kappa shape index (κ1) is 14.2. The van der Waals surface area contributed by atoms with E-state index < -0.39 is 0 Å². The Kier molecular flexibility index (Phi) is 5.16. The molecule has 1 N–H and O–H groups in total. The highest BCUT2D eigenvalue weighted by atomic mass is 15.1. The Labute approximate surface area is 106 Å². The normalized spacial score (nSPS) is 15.2. The molecule has 1 aromatic rings. The highest BCUT2D eigenvalue weighted by Gasteiger charge is 2.27. The summed E-state index contributed by atoms with van der Waals surface area (Å²) in [6, 6.07) is 11.4. The maximum absolute atomic E-state index is 3.32. The topological polar surface area (TPSA) is 15.3 Å².